The third-order valence-corrected chi connectivity index (χ3v) is 6.73. The van der Waals surface area contributed by atoms with Crippen molar-refractivity contribution in [3.63, 3.8) is 0 Å². The molecular formula is C22H23N3O5S. The number of sulfonamides is 1. The molecule has 0 saturated carbocycles. The maximum atomic E-state index is 13.2. The molecule has 1 aliphatic rings. The summed E-state index contributed by atoms with van der Waals surface area (Å²) in [6.07, 6.45) is 3.17. The molecule has 162 valence electrons. The molecule has 0 aliphatic carbocycles. The number of aromatic nitrogens is 1. The second kappa shape index (κ2) is 9.15. The number of nitrogens with one attached hydrogen (secondary N) is 1. The van der Waals surface area contributed by atoms with Gasteiger partial charge in [-0.05, 0) is 42.0 Å². The van der Waals surface area contributed by atoms with Crippen LogP contribution in [-0.2, 0) is 21.4 Å². The summed E-state index contributed by atoms with van der Waals surface area (Å²) in [4.78, 5) is 16.0. The van der Waals surface area contributed by atoms with E-state index in [1.165, 1.54) is 10.4 Å². The molecule has 4 rings (SSSR count). The lowest BCUT2D eigenvalue weighted by atomic mass is 10.0. The number of hydroxylamine groups is 1. The fourth-order valence-corrected chi connectivity index (χ4v) is 5.35. The predicted octanol–water partition coefficient (Wildman–Crippen LogP) is 3.44. The summed E-state index contributed by atoms with van der Waals surface area (Å²) in [6, 6.07) is 16.1. The highest BCUT2D eigenvalue weighted by molar-refractivity contribution is 7.93. The average Bonchev–Trinajstić information content (AvgIpc) is 3.00. The van der Waals surface area contributed by atoms with E-state index < -0.39 is 22.0 Å². The van der Waals surface area contributed by atoms with E-state index in [2.05, 4.69) is 4.98 Å². The standard InChI is InChI=1S/C21H19N3O5S.CH4/c25-21(23-26)12-19-18-5-1-2-6-20(18)30(27,28)24(19)16-7-9-17(10-8-16)29-14-15-4-3-11-22-13-15;/h1-11,13,19,26H,12,14H2,(H,23,25);1H4. The van der Waals surface area contributed by atoms with E-state index >= 15 is 0 Å². The predicted molar refractivity (Wildman–Crippen MR) is 115 cm³/mol. The molecule has 1 unspecified atom stereocenters. The quantitative estimate of drug-likeness (QED) is 0.448. The van der Waals surface area contributed by atoms with Gasteiger partial charge >= 0.3 is 0 Å². The summed E-state index contributed by atoms with van der Waals surface area (Å²) in [6.45, 7) is 0.333. The summed E-state index contributed by atoms with van der Waals surface area (Å²) in [5.74, 6) is -0.102. The van der Waals surface area contributed by atoms with E-state index in [1.807, 2.05) is 12.1 Å². The van der Waals surface area contributed by atoms with Crippen LogP contribution < -0.4 is 14.5 Å². The molecule has 0 bridgehead atoms. The van der Waals surface area contributed by atoms with Gasteiger partial charge in [-0.15, -0.1) is 0 Å². The molecule has 0 spiro atoms. The van der Waals surface area contributed by atoms with Crippen LogP contribution in [0, 0.1) is 0 Å². The van der Waals surface area contributed by atoms with Crippen molar-refractivity contribution in [2.45, 2.75) is 31.4 Å². The highest BCUT2D eigenvalue weighted by Gasteiger charge is 2.43. The highest BCUT2D eigenvalue weighted by atomic mass is 32.2. The summed E-state index contributed by atoms with van der Waals surface area (Å²) in [5, 5.41) is 8.93. The first-order chi connectivity index (χ1) is 14.5. The van der Waals surface area contributed by atoms with E-state index in [4.69, 9.17) is 9.94 Å². The van der Waals surface area contributed by atoms with Crippen LogP contribution in [0.2, 0.25) is 0 Å². The number of pyridine rings is 1. The van der Waals surface area contributed by atoms with Crippen LogP contribution in [0.3, 0.4) is 0 Å². The van der Waals surface area contributed by atoms with Crippen molar-refractivity contribution < 1.29 is 23.2 Å². The zero-order valence-electron chi connectivity index (χ0n) is 15.8. The minimum absolute atomic E-state index is 0. The first-order valence-corrected chi connectivity index (χ1v) is 10.6. The van der Waals surface area contributed by atoms with Gasteiger partial charge < -0.3 is 4.74 Å². The van der Waals surface area contributed by atoms with Crippen molar-refractivity contribution in [2.24, 2.45) is 0 Å². The average molecular weight is 442 g/mol. The molecule has 2 N–H and O–H groups in total. The number of carbonyl (C=O) groups excluding carboxylic acids is 1. The van der Waals surface area contributed by atoms with Gasteiger partial charge in [0.05, 0.1) is 23.0 Å². The number of anilines is 1. The lowest BCUT2D eigenvalue weighted by molar-refractivity contribution is -0.129. The van der Waals surface area contributed by atoms with Crippen molar-refractivity contribution in [3.05, 3.63) is 84.2 Å². The Labute approximate surface area is 181 Å². The van der Waals surface area contributed by atoms with E-state index in [0.29, 0.717) is 23.6 Å². The van der Waals surface area contributed by atoms with Crippen LogP contribution in [0.15, 0.2) is 78.0 Å². The smallest absolute Gasteiger partial charge is 0.265 e. The minimum atomic E-state index is -3.85. The van der Waals surface area contributed by atoms with Crippen LogP contribution >= 0.6 is 0 Å². The number of fused-ring (bicyclic) bond motifs is 1. The van der Waals surface area contributed by atoms with Crippen molar-refractivity contribution >= 4 is 21.6 Å². The number of ether oxygens (including phenoxy) is 1. The number of carbonyl (C=O) groups is 1. The van der Waals surface area contributed by atoms with Gasteiger partial charge in [-0.3, -0.25) is 19.3 Å². The Morgan fingerprint density at radius 3 is 2.52 bits per heavy atom. The number of rotatable bonds is 6. The van der Waals surface area contributed by atoms with Gasteiger partial charge in [0.25, 0.3) is 10.0 Å². The molecule has 1 aliphatic heterocycles. The molecule has 3 aromatic rings. The zero-order chi connectivity index (χ0) is 21.1. The first-order valence-electron chi connectivity index (χ1n) is 9.19. The topological polar surface area (TPSA) is 109 Å². The Bertz CT molecular complexity index is 1150. The van der Waals surface area contributed by atoms with Crippen LogP contribution in [-0.4, -0.2) is 24.5 Å². The molecule has 1 aromatic heterocycles. The molecule has 2 heterocycles. The highest BCUT2D eigenvalue weighted by Crippen LogP contribution is 2.44. The van der Waals surface area contributed by atoms with Crippen LogP contribution in [0.5, 0.6) is 5.75 Å². The van der Waals surface area contributed by atoms with Crippen molar-refractivity contribution in [2.75, 3.05) is 4.31 Å². The van der Waals surface area contributed by atoms with Gasteiger partial charge in [0.15, 0.2) is 0 Å². The lowest BCUT2D eigenvalue weighted by Gasteiger charge is -2.25. The van der Waals surface area contributed by atoms with Crippen LogP contribution in [0.1, 0.15) is 31.0 Å². The fourth-order valence-electron chi connectivity index (χ4n) is 3.46. The number of benzene rings is 2. The van der Waals surface area contributed by atoms with Crippen molar-refractivity contribution in [1.82, 2.24) is 10.5 Å². The number of hydrogen-bond donors (Lipinski definition) is 2. The Hall–Kier alpha value is -3.43. The van der Waals surface area contributed by atoms with E-state index in [-0.39, 0.29) is 18.7 Å². The Kier molecular flexibility index (Phi) is 6.57. The summed E-state index contributed by atoms with van der Waals surface area (Å²) in [5.41, 5.74) is 3.40. The second-order valence-electron chi connectivity index (χ2n) is 6.74. The van der Waals surface area contributed by atoms with Gasteiger partial charge in [0.1, 0.15) is 12.4 Å². The molecule has 9 heteroatoms. The molecule has 1 atom stereocenters. The second-order valence-corrected chi connectivity index (χ2v) is 8.52. The lowest BCUT2D eigenvalue weighted by Crippen LogP contribution is -2.32. The maximum absolute atomic E-state index is 13.2. The Morgan fingerprint density at radius 2 is 1.84 bits per heavy atom. The summed E-state index contributed by atoms with van der Waals surface area (Å²) >= 11 is 0. The number of hydrogen-bond acceptors (Lipinski definition) is 6. The van der Waals surface area contributed by atoms with Crippen LogP contribution in [0.25, 0.3) is 0 Å². The molecule has 0 radical (unpaired) electrons. The molecule has 31 heavy (non-hydrogen) atoms. The fraction of sp³-hybridized carbons (Fsp3) is 0.182. The Morgan fingerprint density at radius 1 is 1.10 bits per heavy atom. The first kappa shape index (κ1) is 22.3. The van der Waals surface area contributed by atoms with Crippen molar-refractivity contribution in [3.8, 4) is 5.75 Å². The molecule has 0 fully saturated rings. The molecule has 0 saturated heterocycles. The van der Waals surface area contributed by atoms with Gasteiger partial charge in [0.2, 0.25) is 5.91 Å². The number of nitrogens with zero attached hydrogens (tertiary/aromatic N) is 2. The Balaban J connectivity index is 0.00000272. The molecular weight excluding hydrogens is 418 g/mol. The normalized spacial score (nSPS) is 16.2. The van der Waals surface area contributed by atoms with E-state index in [1.54, 1.807) is 60.3 Å². The minimum Gasteiger partial charge on any atom is -0.489 e. The van der Waals surface area contributed by atoms with Crippen LogP contribution in [0.4, 0.5) is 5.69 Å². The summed E-state index contributed by atoms with van der Waals surface area (Å²) < 4.78 is 33.2. The summed E-state index contributed by atoms with van der Waals surface area (Å²) in [7, 11) is -3.85. The van der Waals surface area contributed by atoms with E-state index in [0.717, 1.165) is 5.56 Å². The molecule has 2 aromatic carbocycles. The monoisotopic (exact) mass is 441 g/mol. The SMILES string of the molecule is C.O=C(CC1c2ccccc2S(=O)(=O)N1c1ccc(OCc2cccnc2)cc1)NO. The zero-order valence-corrected chi connectivity index (χ0v) is 16.6. The third kappa shape index (κ3) is 4.37. The number of amides is 1. The van der Waals surface area contributed by atoms with Gasteiger partial charge in [-0.1, -0.05) is 31.7 Å². The van der Waals surface area contributed by atoms with Gasteiger partial charge in [-0.2, -0.15) is 0 Å². The van der Waals surface area contributed by atoms with Gasteiger partial charge in [-0.25, -0.2) is 13.9 Å². The van der Waals surface area contributed by atoms with Crippen molar-refractivity contribution in [1.29, 1.82) is 0 Å². The van der Waals surface area contributed by atoms with E-state index in [9.17, 15) is 13.2 Å². The maximum Gasteiger partial charge on any atom is 0.265 e. The molecule has 8 nitrogen and oxygen atoms in total. The van der Waals surface area contributed by atoms with Gasteiger partial charge in [0, 0.05) is 18.0 Å². The molecule has 1 amide bonds. The third-order valence-electron chi connectivity index (χ3n) is 4.82. The largest absolute Gasteiger partial charge is 0.489 e.